The highest BCUT2D eigenvalue weighted by molar-refractivity contribution is 5.88. The molecule has 5 rings (SSSR count). The van der Waals surface area contributed by atoms with Crippen molar-refractivity contribution in [2.24, 2.45) is 16.7 Å². The van der Waals surface area contributed by atoms with Crippen LogP contribution in [0.15, 0.2) is 43.0 Å². The molecule has 2 saturated carbocycles. The number of carbonyl (C=O) groups is 2. The summed E-state index contributed by atoms with van der Waals surface area (Å²) in [4.78, 5) is 30.1. The van der Waals surface area contributed by atoms with Crippen molar-refractivity contribution < 1.29 is 9.59 Å². The van der Waals surface area contributed by atoms with E-state index in [1.165, 1.54) is 5.56 Å². The molecule has 1 spiro atoms. The van der Waals surface area contributed by atoms with Gasteiger partial charge >= 0.3 is 0 Å². The lowest BCUT2D eigenvalue weighted by molar-refractivity contribution is -0.155. The maximum atomic E-state index is 13.2. The number of benzene rings is 1. The van der Waals surface area contributed by atoms with E-state index in [-0.39, 0.29) is 28.1 Å². The topological polar surface area (TPSA) is 40.6 Å². The van der Waals surface area contributed by atoms with E-state index in [1.54, 1.807) is 0 Å². The van der Waals surface area contributed by atoms with Crippen molar-refractivity contribution in [3.8, 4) is 0 Å². The van der Waals surface area contributed by atoms with Crippen LogP contribution in [-0.4, -0.2) is 47.8 Å². The van der Waals surface area contributed by atoms with Crippen LogP contribution >= 0.6 is 0 Å². The zero-order valence-corrected chi connectivity index (χ0v) is 16.8. The van der Waals surface area contributed by atoms with Gasteiger partial charge < -0.3 is 9.80 Å². The Hall–Kier alpha value is -2.10. The van der Waals surface area contributed by atoms with E-state index < -0.39 is 0 Å². The van der Waals surface area contributed by atoms with E-state index >= 15 is 0 Å². The molecule has 2 atom stereocenters. The van der Waals surface area contributed by atoms with E-state index in [0.717, 1.165) is 58.3 Å². The number of hydrogen-bond donors (Lipinski definition) is 0. The Morgan fingerprint density at radius 1 is 1.07 bits per heavy atom. The molecule has 4 fully saturated rings. The fraction of sp³-hybridized carbons (Fsp3) is 0.583. The van der Waals surface area contributed by atoms with E-state index in [0.29, 0.717) is 5.91 Å². The Balaban J connectivity index is 1.22. The van der Waals surface area contributed by atoms with Crippen LogP contribution in [0.1, 0.15) is 44.6 Å². The summed E-state index contributed by atoms with van der Waals surface area (Å²) in [6.45, 7) is 9.39. The standard InChI is InChI=1S/C24H30N2O2/c1-3-24(11-12-24)21(28)26-16-23(17-26)10-7-13-25(15-23)20(27)19-14-22(19,2)18-8-5-4-6-9-18/h3-6,8-9,19H,1,7,10-17H2,2H3. The van der Waals surface area contributed by atoms with Crippen LogP contribution < -0.4 is 0 Å². The molecule has 2 heterocycles. The molecule has 1 aromatic rings. The van der Waals surface area contributed by atoms with Crippen molar-refractivity contribution in [1.82, 2.24) is 9.80 Å². The number of hydrogen-bond acceptors (Lipinski definition) is 2. The lowest BCUT2D eigenvalue weighted by atomic mass is 9.72. The maximum absolute atomic E-state index is 13.2. The molecule has 4 aliphatic rings. The fourth-order valence-corrected chi connectivity index (χ4v) is 5.60. The first kappa shape index (κ1) is 18.0. The molecule has 2 aliphatic carbocycles. The summed E-state index contributed by atoms with van der Waals surface area (Å²) in [5.41, 5.74) is 1.13. The second-order valence-electron chi connectivity index (χ2n) is 9.93. The van der Waals surface area contributed by atoms with Crippen molar-refractivity contribution in [2.45, 2.75) is 44.4 Å². The van der Waals surface area contributed by atoms with Gasteiger partial charge in [-0.1, -0.05) is 43.3 Å². The van der Waals surface area contributed by atoms with Gasteiger partial charge in [0.2, 0.25) is 11.8 Å². The van der Waals surface area contributed by atoms with Crippen LogP contribution in [0.4, 0.5) is 0 Å². The molecule has 2 unspecified atom stereocenters. The molecular formula is C24H30N2O2. The Labute approximate surface area is 167 Å². The summed E-state index contributed by atoms with van der Waals surface area (Å²) >= 11 is 0. The van der Waals surface area contributed by atoms with Crippen molar-refractivity contribution >= 4 is 11.8 Å². The number of likely N-dealkylation sites (tertiary alicyclic amines) is 2. The molecule has 28 heavy (non-hydrogen) atoms. The number of nitrogens with zero attached hydrogens (tertiary/aromatic N) is 2. The quantitative estimate of drug-likeness (QED) is 0.754. The minimum atomic E-state index is -0.267. The first-order valence-electron chi connectivity index (χ1n) is 10.7. The molecule has 2 aliphatic heterocycles. The van der Waals surface area contributed by atoms with Crippen LogP contribution in [0.25, 0.3) is 0 Å². The third kappa shape index (κ3) is 2.64. The van der Waals surface area contributed by atoms with Crippen LogP contribution in [0.5, 0.6) is 0 Å². The van der Waals surface area contributed by atoms with Gasteiger partial charge in [-0.2, -0.15) is 0 Å². The summed E-state index contributed by atoms with van der Waals surface area (Å²) in [5, 5.41) is 0. The SMILES string of the molecule is C=CC1(C(=O)N2CC3(CCCN(C(=O)C4CC4(C)c4ccccc4)C3)C2)CC1. The summed E-state index contributed by atoms with van der Waals surface area (Å²) < 4.78 is 0. The van der Waals surface area contributed by atoms with E-state index in [2.05, 4.69) is 42.7 Å². The van der Waals surface area contributed by atoms with E-state index in [9.17, 15) is 9.59 Å². The number of piperidine rings is 1. The lowest BCUT2D eigenvalue weighted by Crippen LogP contribution is -2.65. The largest absolute Gasteiger partial charge is 0.342 e. The molecule has 148 valence electrons. The first-order valence-corrected chi connectivity index (χ1v) is 10.7. The lowest BCUT2D eigenvalue weighted by Gasteiger charge is -2.55. The predicted octanol–water partition coefficient (Wildman–Crippen LogP) is 3.38. The van der Waals surface area contributed by atoms with Crippen LogP contribution in [0.2, 0.25) is 0 Å². The Morgan fingerprint density at radius 2 is 1.75 bits per heavy atom. The average Bonchev–Trinajstić information content (AvgIpc) is 3.62. The van der Waals surface area contributed by atoms with E-state index in [4.69, 9.17) is 0 Å². The number of rotatable bonds is 4. The molecule has 4 nitrogen and oxygen atoms in total. The van der Waals surface area contributed by atoms with Crippen molar-refractivity contribution in [1.29, 1.82) is 0 Å². The summed E-state index contributed by atoms with van der Waals surface area (Å²) in [6.07, 6.45) is 6.87. The molecular weight excluding hydrogens is 348 g/mol. The van der Waals surface area contributed by atoms with Gasteiger partial charge in [0.05, 0.1) is 5.41 Å². The van der Waals surface area contributed by atoms with Gasteiger partial charge in [-0.15, -0.1) is 6.58 Å². The minimum absolute atomic E-state index is 0.00706. The van der Waals surface area contributed by atoms with E-state index in [1.807, 2.05) is 17.0 Å². The second kappa shape index (κ2) is 5.95. The van der Waals surface area contributed by atoms with Crippen molar-refractivity contribution in [2.75, 3.05) is 26.2 Å². The molecule has 2 saturated heterocycles. The molecule has 0 bridgehead atoms. The van der Waals surface area contributed by atoms with Crippen molar-refractivity contribution in [3.05, 3.63) is 48.6 Å². The monoisotopic (exact) mass is 378 g/mol. The minimum Gasteiger partial charge on any atom is -0.342 e. The number of carbonyl (C=O) groups excluding carboxylic acids is 2. The summed E-state index contributed by atoms with van der Waals surface area (Å²) in [5.74, 6) is 0.689. The smallest absolute Gasteiger partial charge is 0.232 e. The van der Waals surface area contributed by atoms with Gasteiger partial charge in [-0.05, 0) is 37.7 Å². The first-order chi connectivity index (χ1) is 13.4. The normalized spacial score (nSPS) is 31.8. The third-order valence-corrected chi connectivity index (χ3v) is 7.89. The third-order valence-electron chi connectivity index (χ3n) is 7.89. The highest BCUT2D eigenvalue weighted by atomic mass is 16.2. The van der Waals surface area contributed by atoms with Crippen LogP contribution in [0, 0.1) is 16.7 Å². The predicted molar refractivity (Wildman–Crippen MR) is 109 cm³/mol. The molecule has 1 aromatic carbocycles. The van der Waals surface area contributed by atoms with Crippen LogP contribution in [0.3, 0.4) is 0 Å². The van der Waals surface area contributed by atoms with Gasteiger partial charge in [0.1, 0.15) is 0 Å². The molecule has 0 aromatic heterocycles. The molecule has 0 radical (unpaired) electrons. The molecule has 4 heteroatoms. The fourth-order valence-electron chi connectivity index (χ4n) is 5.60. The highest BCUT2D eigenvalue weighted by Crippen LogP contribution is 2.55. The van der Waals surface area contributed by atoms with Crippen LogP contribution in [-0.2, 0) is 15.0 Å². The highest BCUT2D eigenvalue weighted by Gasteiger charge is 2.59. The Bertz CT molecular complexity index is 822. The zero-order valence-electron chi connectivity index (χ0n) is 16.8. The van der Waals surface area contributed by atoms with Gasteiger partial charge in [-0.25, -0.2) is 0 Å². The van der Waals surface area contributed by atoms with Gasteiger partial charge in [-0.3, -0.25) is 9.59 Å². The van der Waals surface area contributed by atoms with Crippen molar-refractivity contribution in [3.63, 3.8) is 0 Å². The molecule has 2 amide bonds. The van der Waals surface area contributed by atoms with Gasteiger partial charge in [0.15, 0.2) is 0 Å². The zero-order chi connectivity index (χ0) is 19.6. The summed E-state index contributed by atoms with van der Waals surface area (Å²) in [6, 6.07) is 10.4. The Morgan fingerprint density at radius 3 is 2.39 bits per heavy atom. The average molecular weight is 379 g/mol. The Kier molecular flexibility index (Phi) is 3.82. The second-order valence-corrected chi connectivity index (χ2v) is 9.93. The van der Waals surface area contributed by atoms with Gasteiger partial charge in [0, 0.05) is 42.9 Å². The summed E-state index contributed by atoms with van der Waals surface area (Å²) in [7, 11) is 0. The van der Waals surface area contributed by atoms with Gasteiger partial charge in [0.25, 0.3) is 0 Å². The maximum Gasteiger partial charge on any atom is 0.232 e. The molecule has 0 N–H and O–H groups in total. The number of amides is 2.